The van der Waals surface area contributed by atoms with Crippen LogP contribution < -0.4 is 21.2 Å². The smallest absolute Gasteiger partial charge is 0.373 e. The molecule has 10 radical (unpaired) electrons. The van der Waals surface area contributed by atoms with Gasteiger partial charge in [0, 0.05) is 17.2 Å². The van der Waals surface area contributed by atoms with Crippen LogP contribution in [0.3, 0.4) is 0 Å². The number of hydrogen-bond acceptors (Lipinski definition) is 1. The molecular formula is C43H38FeOP2+2. The van der Waals surface area contributed by atoms with Gasteiger partial charge < -0.3 is 4.74 Å². The van der Waals surface area contributed by atoms with Crippen molar-refractivity contribution in [3.63, 3.8) is 0 Å². The van der Waals surface area contributed by atoms with Crippen LogP contribution in [0.2, 0.25) is 0 Å². The van der Waals surface area contributed by atoms with Crippen molar-refractivity contribution in [2.24, 2.45) is 0 Å². The summed E-state index contributed by atoms with van der Waals surface area (Å²) in [5.41, 5.74) is 4.01. The second-order valence-corrected chi connectivity index (χ2v) is 15.4. The molecule has 2 aliphatic rings. The van der Waals surface area contributed by atoms with Gasteiger partial charge in [-0.05, 0) is 94.5 Å². The van der Waals surface area contributed by atoms with E-state index in [-0.39, 0.29) is 23.2 Å². The first-order valence-corrected chi connectivity index (χ1v) is 18.4. The van der Waals surface area contributed by atoms with E-state index in [0.717, 1.165) is 0 Å². The van der Waals surface area contributed by atoms with Gasteiger partial charge in [-0.25, -0.2) is 0 Å². The molecule has 5 aromatic rings. The second-order valence-electron chi connectivity index (χ2n) is 11.0. The topological polar surface area (TPSA) is 9.23 Å². The quantitative estimate of drug-likeness (QED) is 0.105. The molecule has 0 bridgehead atoms. The zero-order valence-corrected chi connectivity index (χ0v) is 29.3. The van der Waals surface area contributed by atoms with E-state index in [1.54, 1.807) is 0 Å². The molecule has 47 heavy (non-hydrogen) atoms. The minimum Gasteiger partial charge on any atom is -0.373 e. The van der Waals surface area contributed by atoms with Gasteiger partial charge in [0.05, 0.1) is 12.7 Å². The first-order chi connectivity index (χ1) is 22.8. The normalized spacial score (nSPS) is 16.1. The Morgan fingerprint density at radius 2 is 0.872 bits per heavy atom. The van der Waals surface area contributed by atoms with Crippen molar-refractivity contribution >= 4 is 37.1 Å². The number of rotatable bonds is 10. The Bertz CT molecular complexity index is 1470. The Hall–Kier alpha value is -2.56. The van der Waals surface area contributed by atoms with Gasteiger partial charge in [0.2, 0.25) is 0 Å². The van der Waals surface area contributed by atoms with Crippen LogP contribution in [0.4, 0.5) is 0 Å². The molecule has 0 spiro atoms. The van der Waals surface area contributed by atoms with Crippen LogP contribution in [-0.4, -0.2) is 6.10 Å². The van der Waals surface area contributed by atoms with Gasteiger partial charge in [0.15, 0.2) is 0 Å². The first kappa shape index (κ1) is 35.7. The van der Waals surface area contributed by atoms with Crippen LogP contribution in [0.15, 0.2) is 152 Å². The fourth-order valence-corrected chi connectivity index (χ4v) is 10.4. The third-order valence-electron chi connectivity index (χ3n) is 7.81. The SMILES string of the molecule is C[C@H](OCc1ccccc1)[C]1[CH][CH][CH][C]1P(c1ccccc1)c1ccccc1.[CH]1[CH][CH][C](P(c2ccccc2)c2ccccc2)[CH]1.[Fe+2]. The van der Waals surface area contributed by atoms with Gasteiger partial charge in [-0.3, -0.25) is 0 Å². The molecule has 0 aromatic heterocycles. The van der Waals surface area contributed by atoms with Crippen molar-refractivity contribution < 1.29 is 21.8 Å². The van der Waals surface area contributed by atoms with E-state index in [1.807, 2.05) is 6.07 Å². The summed E-state index contributed by atoms with van der Waals surface area (Å²) >= 11 is 0. The van der Waals surface area contributed by atoms with Crippen LogP contribution in [0.25, 0.3) is 0 Å². The Kier molecular flexibility index (Phi) is 14.3. The summed E-state index contributed by atoms with van der Waals surface area (Å²) in [6.45, 7) is 2.78. The number of benzene rings is 5. The van der Waals surface area contributed by atoms with Gasteiger partial charge in [-0.15, -0.1) is 0 Å². The van der Waals surface area contributed by atoms with E-state index in [9.17, 15) is 0 Å². The van der Waals surface area contributed by atoms with Crippen molar-refractivity contribution in [1.82, 2.24) is 0 Å². The van der Waals surface area contributed by atoms with Crippen molar-refractivity contribution in [1.29, 1.82) is 0 Å². The summed E-state index contributed by atoms with van der Waals surface area (Å²) < 4.78 is 6.25. The average Bonchev–Trinajstić information content (AvgIpc) is 3.84. The molecule has 5 aromatic carbocycles. The van der Waals surface area contributed by atoms with Gasteiger partial charge >= 0.3 is 17.1 Å². The zero-order chi connectivity index (χ0) is 31.4. The molecule has 1 nitrogen and oxygen atoms in total. The Balaban J connectivity index is 0.000000197. The van der Waals surface area contributed by atoms with Crippen LogP contribution in [-0.2, 0) is 28.4 Å². The average molecular weight is 689 g/mol. The summed E-state index contributed by atoms with van der Waals surface area (Å²) in [6.07, 6.45) is 15.4. The minimum atomic E-state index is -0.607. The maximum absolute atomic E-state index is 6.25. The van der Waals surface area contributed by atoms with Gasteiger partial charge in [-0.1, -0.05) is 152 Å². The summed E-state index contributed by atoms with van der Waals surface area (Å²) in [7, 11) is -1.02. The Morgan fingerprint density at radius 3 is 1.32 bits per heavy atom. The second kappa shape index (κ2) is 18.8. The maximum atomic E-state index is 6.25. The summed E-state index contributed by atoms with van der Waals surface area (Å²) in [4.78, 5) is 0. The van der Waals surface area contributed by atoms with Gasteiger partial charge in [-0.2, -0.15) is 0 Å². The van der Waals surface area contributed by atoms with Crippen LogP contribution in [0, 0.1) is 62.2 Å². The number of hydrogen-bond donors (Lipinski definition) is 0. The van der Waals surface area contributed by atoms with E-state index in [0.29, 0.717) is 6.61 Å². The molecule has 2 aliphatic carbocycles. The summed E-state index contributed by atoms with van der Waals surface area (Å²) in [5.74, 6) is 1.29. The molecule has 0 aliphatic heterocycles. The fourth-order valence-electron chi connectivity index (χ4n) is 5.55. The molecule has 0 amide bonds. The van der Waals surface area contributed by atoms with Crippen LogP contribution >= 0.6 is 15.8 Å². The molecule has 4 heteroatoms. The van der Waals surface area contributed by atoms with Crippen molar-refractivity contribution in [2.75, 3.05) is 0 Å². The maximum Gasteiger partial charge on any atom is 2.00 e. The predicted octanol–water partition coefficient (Wildman–Crippen LogP) is 8.94. The molecule has 0 N–H and O–H groups in total. The van der Waals surface area contributed by atoms with Crippen LogP contribution in [0.1, 0.15) is 12.5 Å². The van der Waals surface area contributed by atoms with Crippen molar-refractivity contribution in [2.45, 2.75) is 19.6 Å². The van der Waals surface area contributed by atoms with Crippen molar-refractivity contribution in [3.05, 3.63) is 219 Å². The third kappa shape index (κ3) is 9.76. The van der Waals surface area contributed by atoms with E-state index in [4.69, 9.17) is 4.74 Å². The number of ether oxygens (including phenoxy) is 1. The first-order valence-electron chi connectivity index (χ1n) is 15.7. The zero-order valence-electron chi connectivity index (χ0n) is 26.4. The molecule has 232 valence electrons. The predicted molar refractivity (Wildman–Crippen MR) is 199 cm³/mol. The standard InChI is InChI=1S/C26H24OP.C17H14P.Fe/c1-21(27-20-22-12-5-2-6-13-22)25-18-11-19-26(25)28(23-14-7-3-8-15-23)24-16-9-4-10-17-24;1-3-9-15(10-4-1)18(17-13-7-8-14-17)16-11-5-2-6-12-16;/h2-19,21H,20H2,1H3;1-14H;/q;;+2/t21-;;/m0../s1. The fraction of sp³-hybridized carbons (Fsp3) is 0.0698. The van der Waals surface area contributed by atoms with E-state index in [2.05, 4.69) is 197 Å². The molecule has 0 unspecified atom stereocenters. The minimum absolute atomic E-state index is 0. The largest absolute Gasteiger partial charge is 2.00 e. The monoisotopic (exact) mass is 688 g/mol. The molecule has 7 rings (SSSR count). The van der Waals surface area contributed by atoms with Gasteiger partial charge in [0.1, 0.15) is 0 Å². The van der Waals surface area contributed by atoms with E-state index >= 15 is 0 Å². The van der Waals surface area contributed by atoms with E-state index in [1.165, 1.54) is 44.0 Å². The molecule has 0 saturated heterocycles. The summed E-state index contributed by atoms with van der Waals surface area (Å²) in [5, 5.41) is 5.55. The molecule has 2 fully saturated rings. The van der Waals surface area contributed by atoms with Crippen LogP contribution in [0.5, 0.6) is 0 Å². The molecule has 2 saturated carbocycles. The Morgan fingerprint density at radius 1 is 0.468 bits per heavy atom. The van der Waals surface area contributed by atoms with Gasteiger partial charge in [0.25, 0.3) is 0 Å². The third-order valence-corrected chi connectivity index (χ3v) is 12.8. The van der Waals surface area contributed by atoms with E-state index < -0.39 is 15.8 Å². The molecular weight excluding hydrogens is 650 g/mol. The summed E-state index contributed by atoms with van der Waals surface area (Å²) in [6, 6.07) is 53.6. The van der Waals surface area contributed by atoms with Crippen molar-refractivity contribution in [3.8, 4) is 0 Å². The molecule has 1 atom stereocenters. The Labute approximate surface area is 296 Å². The molecule has 0 heterocycles.